The number of aromatic amines is 1. The van der Waals surface area contributed by atoms with Gasteiger partial charge >= 0.3 is 0 Å². The minimum absolute atomic E-state index is 0. The third-order valence-corrected chi connectivity index (χ3v) is 18.6. The van der Waals surface area contributed by atoms with Crippen LogP contribution in [0.1, 0.15) is 312 Å². The Morgan fingerprint density at radius 3 is 1.24 bits per heavy atom. The first-order chi connectivity index (χ1) is 52.8. The summed E-state index contributed by atoms with van der Waals surface area (Å²) in [6.45, 7) is 63.3. The predicted molar refractivity (Wildman–Crippen MR) is 470 cm³/mol. The third kappa shape index (κ3) is 35.8. The first kappa shape index (κ1) is 104. The average Bonchev–Trinajstić information content (AvgIpc) is 0.828. The Bertz CT molecular complexity index is 4400. The lowest BCUT2D eigenvalue weighted by Crippen LogP contribution is -2.33. The minimum Gasteiger partial charge on any atom is -0.494 e. The summed E-state index contributed by atoms with van der Waals surface area (Å²) in [5.74, 6) is 2.01. The molecule has 632 valence electrons. The first-order valence-electron chi connectivity index (χ1n) is 38.8. The molecule has 0 radical (unpaired) electrons. The van der Waals surface area contributed by atoms with E-state index >= 15 is 0 Å². The number of aromatic nitrogens is 8. The number of hydrogen-bond donors (Lipinski definition) is 1. The van der Waals surface area contributed by atoms with Crippen LogP contribution in [0.15, 0.2) is 109 Å². The molecule has 0 saturated carbocycles. The van der Waals surface area contributed by atoms with Crippen LogP contribution in [0.5, 0.6) is 23.4 Å². The second-order valence-electron chi connectivity index (χ2n) is 36.2. The molecule has 9 rings (SSSR count). The number of carbonyl (C=O) groups is 5. The minimum atomic E-state index is -0.241. The number of rotatable bonds is 15. The van der Waals surface area contributed by atoms with Crippen LogP contribution < -0.4 is 24.5 Å². The van der Waals surface area contributed by atoms with Gasteiger partial charge in [-0.05, 0) is 159 Å². The molecule has 0 unspecified atom stereocenters. The number of halogens is 1. The lowest BCUT2D eigenvalue weighted by atomic mass is 9.85. The van der Waals surface area contributed by atoms with Crippen LogP contribution in [0.3, 0.4) is 0 Å². The Hall–Kier alpha value is -9.24. The van der Waals surface area contributed by atoms with Gasteiger partial charge in [-0.3, -0.25) is 53.6 Å². The second kappa shape index (κ2) is 47.1. The molecule has 9 heterocycles. The van der Waals surface area contributed by atoms with Crippen LogP contribution in [0.4, 0.5) is 0 Å². The Morgan fingerprint density at radius 1 is 0.435 bits per heavy atom. The zero-order valence-electron chi connectivity index (χ0n) is 74.5. The van der Waals surface area contributed by atoms with Crippen LogP contribution >= 0.6 is 11.6 Å². The highest BCUT2D eigenvalue weighted by Crippen LogP contribution is 2.33. The number of nitrogens with one attached hydrogen (secondary N) is 1. The van der Waals surface area contributed by atoms with E-state index in [1.807, 2.05) is 115 Å². The van der Waals surface area contributed by atoms with E-state index < -0.39 is 0 Å². The second-order valence-corrected chi connectivity index (χ2v) is 36.6. The Labute approximate surface area is 694 Å². The molecule has 0 atom stereocenters. The highest BCUT2D eigenvalue weighted by atomic mass is 35.5. The number of aldehydes is 5. The standard InChI is InChI=1S/C17H26N2O2.C13H19NO3.2C11H15NO2.C11H17N.C10H14ClN.C10H13NO2.C10H15N.CH4/c1-17(2,3)15-12-18-16(11-14(15)13-20)21-10-9-19-7-5-4-6-8-19;1-13(2,3)11-8-14-12(7-10(11)9-15)17-6-5-16-4;1-11(2,3)9-5-12-6-10(14-4)8(9)7-13;1-11(2,3)9-6-12-10(14-4)5-8(9)7-13;1-8-6-7-10(9(2)12-8)11(3,4)5;1-7-8(10(2,3)4)5-12-6-9(7)11;1-10(2,3)8-5-11-9(13)4-7(8)6-12;1-8-9(10(2,3)4)6-5-7-11-8;/h11-13H,4-10H2,1-3H3;7-9H,5-6H2,1-4H3;2*5-7H,1-4H3;6-7H,1-5H3;5-6H,1-4H3;4-6H,1-3H3,(H,11,13);5-7H,1-4H3;1H4. The van der Waals surface area contributed by atoms with Gasteiger partial charge in [-0.1, -0.05) is 204 Å². The summed E-state index contributed by atoms with van der Waals surface area (Å²) in [5, 5.41) is 0.752. The monoisotopic (exact) mass is 1600 g/mol. The molecule has 8 aromatic rings. The van der Waals surface area contributed by atoms with Gasteiger partial charge in [-0.2, -0.15) is 0 Å². The van der Waals surface area contributed by atoms with Crippen molar-refractivity contribution < 1.29 is 47.7 Å². The number of ether oxygens (including phenoxy) is 5. The molecule has 1 fully saturated rings. The summed E-state index contributed by atoms with van der Waals surface area (Å²) in [5.41, 5.74) is 15.8. The van der Waals surface area contributed by atoms with E-state index in [9.17, 15) is 28.8 Å². The maximum Gasteiger partial charge on any atom is 0.248 e. The normalized spacial score (nSPS) is 12.3. The molecule has 115 heavy (non-hydrogen) atoms. The predicted octanol–water partition coefficient (Wildman–Crippen LogP) is 20.8. The fourth-order valence-electron chi connectivity index (χ4n) is 12.1. The van der Waals surface area contributed by atoms with Crippen molar-refractivity contribution in [1.29, 1.82) is 0 Å². The lowest BCUT2D eigenvalue weighted by Gasteiger charge is -2.26. The molecule has 20 nitrogen and oxygen atoms in total. The van der Waals surface area contributed by atoms with Gasteiger partial charge in [0.05, 0.1) is 37.6 Å². The number of pyridine rings is 8. The van der Waals surface area contributed by atoms with Gasteiger partial charge in [-0.25, -0.2) is 15.0 Å². The van der Waals surface area contributed by atoms with Crippen LogP contribution in [-0.4, -0.2) is 137 Å². The number of carbonyl (C=O) groups excluding carboxylic acids is 5. The molecule has 1 aliphatic heterocycles. The summed E-state index contributed by atoms with van der Waals surface area (Å²) in [6, 6.07) is 14.8. The van der Waals surface area contributed by atoms with E-state index in [-0.39, 0.29) is 56.3 Å². The number of hydrogen-bond acceptors (Lipinski definition) is 19. The molecule has 1 saturated heterocycles. The fraction of sp³-hybridized carbons (Fsp3) is 0.521. The van der Waals surface area contributed by atoms with Gasteiger partial charge in [0, 0.05) is 127 Å². The molecule has 0 aromatic carbocycles. The van der Waals surface area contributed by atoms with E-state index in [4.69, 9.17) is 35.3 Å². The summed E-state index contributed by atoms with van der Waals surface area (Å²) in [4.78, 5) is 100. The van der Waals surface area contributed by atoms with Gasteiger partial charge in [0.1, 0.15) is 19.0 Å². The van der Waals surface area contributed by atoms with Crippen molar-refractivity contribution in [2.75, 3.05) is 60.8 Å². The Kier molecular flexibility index (Phi) is 42.5. The molecule has 8 aromatic heterocycles. The molecule has 1 N–H and O–H groups in total. The number of H-pyrrole nitrogens is 1. The largest absolute Gasteiger partial charge is 0.494 e. The number of piperidine rings is 1. The quantitative estimate of drug-likeness (QED) is 0.0739. The van der Waals surface area contributed by atoms with Crippen molar-refractivity contribution in [2.45, 2.75) is 264 Å². The van der Waals surface area contributed by atoms with Crippen LogP contribution in [0.25, 0.3) is 0 Å². The van der Waals surface area contributed by atoms with Crippen molar-refractivity contribution in [1.82, 2.24) is 44.8 Å². The van der Waals surface area contributed by atoms with E-state index in [0.29, 0.717) is 71.0 Å². The van der Waals surface area contributed by atoms with Crippen molar-refractivity contribution in [3.63, 3.8) is 0 Å². The molecule has 0 bridgehead atoms. The highest BCUT2D eigenvalue weighted by molar-refractivity contribution is 6.31. The van der Waals surface area contributed by atoms with Crippen LogP contribution in [0.2, 0.25) is 5.02 Å². The molecular weight excluding hydrogens is 1470 g/mol. The van der Waals surface area contributed by atoms with Crippen molar-refractivity contribution >= 4 is 43.0 Å². The zero-order valence-corrected chi connectivity index (χ0v) is 75.3. The third-order valence-electron chi connectivity index (χ3n) is 18.2. The van der Waals surface area contributed by atoms with E-state index in [0.717, 1.165) is 93.5 Å². The number of aryl methyl sites for hydroxylation is 3. The summed E-state index contributed by atoms with van der Waals surface area (Å²) < 4.78 is 26.0. The van der Waals surface area contributed by atoms with Crippen molar-refractivity contribution in [2.24, 2.45) is 0 Å². The average molecular weight is 1610 g/mol. The lowest BCUT2D eigenvalue weighted by molar-refractivity contribution is 0.111. The fourth-order valence-corrected chi connectivity index (χ4v) is 12.2. The molecule has 0 spiro atoms. The maximum absolute atomic E-state index is 11.3. The van der Waals surface area contributed by atoms with Gasteiger partial charge in [-0.15, -0.1) is 0 Å². The summed E-state index contributed by atoms with van der Waals surface area (Å²) in [7, 11) is 4.68. The summed E-state index contributed by atoms with van der Waals surface area (Å²) >= 11 is 5.96. The van der Waals surface area contributed by atoms with Crippen molar-refractivity contribution in [3.05, 3.63) is 215 Å². The number of methoxy groups -OCH3 is 3. The summed E-state index contributed by atoms with van der Waals surface area (Å²) in [6.07, 6.45) is 23.5. The van der Waals surface area contributed by atoms with Gasteiger partial charge in [0.15, 0.2) is 31.4 Å². The number of likely N-dealkylation sites (tertiary alicyclic amines) is 1. The first-order valence-corrected chi connectivity index (χ1v) is 39.2. The van der Waals surface area contributed by atoms with Gasteiger partial charge < -0.3 is 28.7 Å². The molecule has 1 aliphatic rings. The SMILES string of the molecule is C.CC(C)(C)c1c[nH]c(=O)cc1C=O.CC(C)(C)c1cnc(OCCN2CCCCC2)cc1C=O.COCCOc1cc(C=O)c(C(C)(C)C)cn1.COc1cc(C=O)c(C(C)(C)C)cn1.COc1cncc(C(C)(C)C)c1C=O.Cc1c(Cl)cncc1C(C)(C)C.Cc1ccc(C(C)(C)C)c(C)n1.Cc1ncccc1C(C)(C)C. The van der Waals surface area contributed by atoms with Crippen molar-refractivity contribution in [3.8, 4) is 23.4 Å². The Morgan fingerprint density at radius 2 is 0.852 bits per heavy atom. The Balaban J connectivity index is 0.000000662. The van der Waals surface area contributed by atoms with Gasteiger partial charge in [0.25, 0.3) is 0 Å². The van der Waals surface area contributed by atoms with Gasteiger partial charge in [0.2, 0.25) is 23.2 Å². The molecule has 21 heteroatoms. The highest BCUT2D eigenvalue weighted by Gasteiger charge is 2.25. The topological polar surface area (TPSA) is 258 Å². The molecular formula is C94H138ClN9O11. The van der Waals surface area contributed by atoms with E-state index in [1.165, 1.54) is 69.3 Å². The molecule has 0 amide bonds. The number of nitrogens with zero attached hydrogens (tertiary/aromatic N) is 8. The van der Waals surface area contributed by atoms with E-state index in [2.05, 4.69) is 160 Å². The smallest absolute Gasteiger partial charge is 0.248 e. The van der Waals surface area contributed by atoms with Crippen LogP contribution in [-0.2, 0) is 48.1 Å². The zero-order chi connectivity index (χ0) is 87.0. The molecule has 0 aliphatic carbocycles. The van der Waals surface area contributed by atoms with E-state index in [1.54, 1.807) is 68.7 Å². The maximum atomic E-state index is 11.3. The van der Waals surface area contributed by atoms with Crippen LogP contribution in [0, 0.1) is 27.7 Å².